The fourth-order valence-electron chi connectivity index (χ4n) is 1.20. The third-order valence-electron chi connectivity index (χ3n) is 2.44. The van der Waals surface area contributed by atoms with Crippen LogP contribution < -0.4 is 11.5 Å². The van der Waals surface area contributed by atoms with Crippen molar-refractivity contribution in [2.24, 2.45) is 11.5 Å². The first-order valence-electron chi connectivity index (χ1n) is 4.92. The Morgan fingerprint density at radius 2 is 2.00 bits per heavy atom. The normalized spacial score (nSPS) is 14.4. The third kappa shape index (κ3) is 3.15. The Labute approximate surface area is 97.5 Å². The minimum absolute atomic E-state index is 0.0673. The molecular weight excluding hydrogens is 224 g/mol. The van der Waals surface area contributed by atoms with E-state index in [0.29, 0.717) is 4.90 Å². The van der Waals surface area contributed by atoms with Crippen molar-refractivity contribution < 1.29 is 9.00 Å². The van der Waals surface area contributed by atoms with Crippen molar-refractivity contribution in [3.8, 4) is 0 Å². The Balaban J connectivity index is 2.81. The zero-order valence-corrected chi connectivity index (χ0v) is 10.2. The van der Waals surface area contributed by atoms with Crippen LogP contribution >= 0.6 is 0 Å². The highest BCUT2D eigenvalue weighted by Gasteiger charge is 2.14. The van der Waals surface area contributed by atoms with Crippen LogP contribution in [0.4, 0.5) is 0 Å². The van der Waals surface area contributed by atoms with Crippen LogP contribution in [-0.4, -0.2) is 21.9 Å². The summed E-state index contributed by atoms with van der Waals surface area (Å²) in [6, 6.07) is 4.67. The Hall–Kier alpha value is -1.20. The first-order valence-corrected chi connectivity index (χ1v) is 6.24. The topological polar surface area (TPSA) is 86.2 Å². The molecule has 88 valence electrons. The van der Waals surface area contributed by atoms with E-state index in [4.69, 9.17) is 11.5 Å². The van der Waals surface area contributed by atoms with Crippen LogP contribution in [0, 0.1) is 13.8 Å². The van der Waals surface area contributed by atoms with Crippen LogP contribution in [0.2, 0.25) is 0 Å². The number of primary amides is 1. The van der Waals surface area contributed by atoms with Gasteiger partial charge in [-0.05, 0) is 37.1 Å². The summed E-state index contributed by atoms with van der Waals surface area (Å²) in [7, 11) is -1.28. The van der Waals surface area contributed by atoms with Crippen LogP contribution in [0.5, 0.6) is 0 Å². The Morgan fingerprint density at radius 1 is 1.38 bits per heavy atom. The molecule has 0 saturated carbocycles. The van der Waals surface area contributed by atoms with Crippen LogP contribution in [0.1, 0.15) is 11.1 Å². The molecule has 0 heterocycles. The summed E-state index contributed by atoms with van der Waals surface area (Å²) in [5, 5.41) is 0. The summed E-state index contributed by atoms with van der Waals surface area (Å²) in [5.41, 5.74) is 12.7. The van der Waals surface area contributed by atoms with Crippen molar-refractivity contribution in [3.63, 3.8) is 0 Å². The maximum absolute atomic E-state index is 11.8. The molecule has 5 heteroatoms. The van der Waals surface area contributed by atoms with E-state index < -0.39 is 22.7 Å². The van der Waals surface area contributed by atoms with Crippen molar-refractivity contribution in [3.05, 3.63) is 29.3 Å². The second-order valence-electron chi connectivity index (χ2n) is 3.77. The molecule has 1 amide bonds. The van der Waals surface area contributed by atoms with E-state index in [9.17, 15) is 9.00 Å². The standard InChI is InChI=1S/C11H16N2O2S/c1-7-3-4-9(5-8(7)2)16(15)6-10(12)11(13)14/h3-5,10H,6,12H2,1-2H3,(H2,13,14). The molecule has 4 N–H and O–H groups in total. The summed E-state index contributed by atoms with van der Waals surface area (Å²) < 4.78 is 11.8. The lowest BCUT2D eigenvalue weighted by Gasteiger charge is -2.08. The molecule has 0 bridgehead atoms. The number of amides is 1. The van der Waals surface area contributed by atoms with Gasteiger partial charge in [-0.15, -0.1) is 0 Å². The minimum Gasteiger partial charge on any atom is -0.368 e. The number of hydrogen-bond acceptors (Lipinski definition) is 3. The molecular formula is C11H16N2O2S. The molecule has 0 saturated heterocycles. The van der Waals surface area contributed by atoms with Gasteiger partial charge in [0.2, 0.25) is 5.91 Å². The van der Waals surface area contributed by atoms with Gasteiger partial charge >= 0.3 is 0 Å². The lowest BCUT2D eigenvalue weighted by Crippen LogP contribution is -2.40. The number of nitrogens with two attached hydrogens (primary N) is 2. The zero-order chi connectivity index (χ0) is 12.3. The Kier molecular flexibility index (Phi) is 4.20. The monoisotopic (exact) mass is 240 g/mol. The molecule has 2 unspecified atom stereocenters. The smallest absolute Gasteiger partial charge is 0.235 e. The number of benzene rings is 1. The number of carbonyl (C=O) groups is 1. The lowest BCUT2D eigenvalue weighted by atomic mass is 10.1. The summed E-state index contributed by atoms with van der Waals surface area (Å²) in [6.45, 7) is 3.93. The number of aryl methyl sites for hydroxylation is 2. The second kappa shape index (κ2) is 5.23. The molecule has 0 aliphatic rings. The van der Waals surface area contributed by atoms with Crippen molar-refractivity contribution >= 4 is 16.7 Å². The number of carbonyl (C=O) groups excluding carboxylic acids is 1. The summed E-state index contributed by atoms with van der Waals surface area (Å²) in [4.78, 5) is 11.4. The van der Waals surface area contributed by atoms with Crippen molar-refractivity contribution in [1.29, 1.82) is 0 Å². The largest absolute Gasteiger partial charge is 0.368 e. The zero-order valence-electron chi connectivity index (χ0n) is 9.40. The van der Waals surface area contributed by atoms with Gasteiger partial charge in [0.1, 0.15) is 0 Å². The fraction of sp³-hybridized carbons (Fsp3) is 0.364. The van der Waals surface area contributed by atoms with Crippen molar-refractivity contribution in [2.75, 3.05) is 5.75 Å². The highest BCUT2D eigenvalue weighted by Crippen LogP contribution is 2.13. The quantitative estimate of drug-likeness (QED) is 0.789. The van der Waals surface area contributed by atoms with Crippen molar-refractivity contribution in [1.82, 2.24) is 0 Å². The molecule has 16 heavy (non-hydrogen) atoms. The molecule has 0 aromatic heterocycles. The van der Waals surface area contributed by atoms with Gasteiger partial charge in [0, 0.05) is 4.90 Å². The second-order valence-corrected chi connectivity index (χ2v) is 5.26. The summed E-state index contributed by atoms with van der Waals surface area (Å²) in [6.07, 6.45) is 0. The molecule has 0 fully saturated rings. The van der Waals surface area contributed by atoms with Gasteiger partial charge in [-0.25, -0.2) is 0 Å². The van der Waals surface area contributed by atoms with E-state index in [1.165, 1.54) is 0 Å². The van der Waals surface area contributed by atoms with Gasteiger partial charge in [0.05, 0.1) is 22.6 Å². The molecule has 1 aromatic rings. The molecule has 1 aromatic carbocycles. The lowest BCUT2D eigenvalue weighted by molar-refractivity contribution is -0.118. The molecule has 2 atom stereocenters. The van der Waals surface area contributed by atoms with Gasteiger partial charge in [-0.2, -0.15) is 0 Å². The molecule has 0 spiro atoms. The molecule has 0 aliphatic heterocycles. The average molecular weight is 240 g/mol. The average Bonchev–Trinajstić information content (AvgIpc) is 2.21. The maximum atomic E-state index is 11.8. The minimum atomic E-state index is -1.28. The van der Waals surface area contributed by atoms with E-state index in [1.54, 1.807) is 6.07 Å². The highest BCUT2D eigenvalue weighted by atomic mass is 32.2. The van der Waals surface area contributed by atoms with E-state index in [0.717, 1.165) is 11.1 Å². The predicted molar refractivity (Wildman–Crippen MR) is 64.4 cm³/mol. The van der Waals surface area contributed by atoms with Gasteiger partial charge in [-0.3, -0.25) is 9.00 Å². The number of hydrogen-bond donors (Lipinski definition) is 2. The van der Waals surface area contributed by atoms with Gasteiger partial charge < -0.3 is 11.5 Å². The highest BCUT2D eigenvalue weighted by molar-refractivity contribution is 7.85. The van der Waals surface area contributed by atoms with Crippen LogP contribution in [0.15, 0.2) is 23.1 Å². The number of rotatable bonds is 4. The van der Waals surface area contributed by atoms with Gasteiger partial charge in [0.15, 0.2) is 0 Å². The van der Waals surface area contributed by atoms with E-state index in [2.05, 4.69) is 0 Å². The van der Waals surface area contributed by atoms with Gasteiger partial charge in [-0.1, -0.05) is 6.07 Å². The molecule has 1 rings (SSSR count). The van der Waals surface area contributed by atoms with E-state index in [1.807, 2.05) is 26.0 Å². The van der Waals surface area contributed by atoms with E-state index >= 15 is 0 Å². The molecule has 0 radical (unpaired) electrons. The van der Waals surface area contributed by atoms with Crippen molar-refractivity contribution in [2.45, 2.75) is 24.8 Å². The Morgan fingerprint density at radius 3 is 2.50 bits per heavy atom. The first kappa shape index (κ1) is 12.9. The first-order chi connectivity index (χ1) is 7.41. The van der Waals surface area contributed by atoms with Gasteiger partial charge in [0.25, 0.3) is 0 Å². The summed E-state index contributed by atoms with van der Waals surface area (Å²) >= 11 is 0. The fourth-order valence-corrected chi connectivity index (χ4v) is 2.41. The molecule has 4 nitrogen and oxygen atoms in total. The predicted octanol–water partition coefficient (Wildman–Crippen LogP) is 0.224. The maximum Gasteiger partial charge on any atom is 0.235 e. The summed E-state index contributed by atoms with van der Waals surface area (Å²) in [5.74, 6) is -0.560. The Bertz CT molecular complexity index is 432. The third-order valence-corrected chi connectivity index (χ3v) is 3.88. The molecule has 0 aliphatic carbocycles. The van der Waals surface area contributed by atoms with Crippen LogP contribution in [-0.2, 0) is 15.6 Å². The van der Waals surface area contributed by atoms with Crippen LogP contribution in [0.3, 0.4) is 0 Å². The van der Waals surface area contributed by atoms with Crippen LogP contribution in [0.25, 0.3) is 0 Å². The SMILES string of the molecule is Cc1ccc(S(=O)CC(N)C(N)=O)cc1C. The van der Waals surface area contributed by atoms with E-state index in [-0.39, 0.29) is 5.75 Å².